The predicted octanol–water partition coefficient (Wildman–Crippen LogP) is 1.04. The molecular weight excluding hydrogens is 224 g/mol. The lowest BCUT2D eigenvalue weighted by atomic mass is 10.1. The monoisotopic (exact) mass is 236 g/mol. The van der Waals surface area contributed by atoms with Crippen LogP contribution in [0.2, 0.25) is 0 Å². The number of aliphatic hydroxyl groups is 1. The zero-order valence-corrected chi connectivity index (χ0v) is 9.63. The maximum atomic E-state index is 9.91. The number of hydrogen-bond acceptors (Lipinski definition) is 5. The van der Waals surface area contributed by atoms with Crippen LogP contribution >= 0.6 is 11.8 Å². The van der Waals surface area contributed by atoms with E-state index in [2.05, 4.69) is 15.5 Å². The third-order valence-corrected chi connectivity index (χ3v) is 3.22. The number of tetrazole rings is 1. The first-order chi connectivity index (χ1) is 7.77. The van der Waals surface area contributed by atoms with E-state index in [1.54, 1.807) is 11.7 Å². The minimum Gasteiger partial charge on any atom is -0.388 e. The van der Waals surface area contributed by atoms with Crippen molar-refractivity contribution in [3.63, 3.8) is 0 Å². The summed E-state index contributed by atoms with van der Waals surface area (Å²) in [6.45, 7) is 0. The van der Waals surface area contributed by atoms with E-state index < -0.39 is 6.10 Å². The molecule has 0 aliphatic heterocycles. The second kappa shape index (κ2) is 5.09. The lowest BCUT2D eigenvalue weighted by Crippen LogP contribution is -2.02. The fourth-order valence-corrected chi connectivity index (χ4v) is 2.09. The molecule has 6 heteroatoms. The van der Waals surface area contributed by atoms with Crippen molar-refractivity contribution in [3.05, 3.63) is 35.9 Å². The van der Waals surface area contributed by atoms with Crippen molar-refractivity contribution >= 4 is 11.8 Å². The number of thioether (sulfide) groups is 1. The molecule has 0 saturated heterocycles. The van der Waals surface area contributed by atoms with Gasteiger partial charge in [0.15, 0.2) is 0 Å². The Hall–Kier alpha value is -1.40. The molecule has 2 rings (SSSR count). The third-order valence-electron chi connectivity index (χ3n) is 2.14. The van der Waals surface area contributed by atoms with Crippen molar-refractivity contribution in [1.29, 1.82) is 0 Å². The zero-order valence-electron chi connectivity index (χ0n) is 8.82. The van der Waals surface area contributed by atoms with Crippen molar-refractivity contribution in [2.75, 3.05) is 5.75 Å². The average molecular weight is 236 g/mol. The number of nitrogens with zero attached hydrogens (tertiary/aromatic N) is 4. The molecular formula is C10H12N4OS. The Morgan fingerprint density at radius 2 is 2.12 bits per heavy atom. The van der Waals surface area contributed by atoms with Gasteiger partial charge in [-0.1, -0.05) is 42.1 Å². The van der Waals surface area contributed by atoms with Gasteiger partial charge in [0, 0.05) is 12.8 Å². The van der Waals surface area contributed by atoms with Gasteiger partial charge in [-0.3, -0.25) is 0 Å². The summed E-state index contributed by atoms with van der Waals surface area (Å²) in [5.41, 5.74) is 0.908. The van der Waals surface area contributed by atoms with Crippen molar-refractivity contribution in [2.45, 2.75) is 11.3 Å². The first kappa shape index (κ1) is 11.1. The number of aliphatic hydroxyl groups excluding tert-OH is 1. The molecule has 84 valence electrons. The molecule has 0 spiro atoms. The van der Waals surface area contributed by atoms with Crippen molar-refractivity contribution in [3.8, 4) is 0 Å². The zero-order chi connectivity index (χ0) is 11.4. The van der Waals surface area contributed by atoms with Crippen molar-refractivity contribution in [1.82, 2.24) is 20.2 Å². The van der Waals surface area contributed by atoms with Gasteiger partial charge >= 0.3 is 0 Å². The molecule has 0 radical (unpaired) electrons. The number of aromatic nitrogens is 4. The second-order valence-corrected chi connectivity index (χ2v) is 4.31. The standard InChI is InChI=1S/C10H12N4OS/c1-14-10(11-12-13-14)16-7-9(15)8-5-3-2-4-6-8/h2-6,9,15H,7H2,1H3/t9-/m1/s1. The highest BCUT2D eigenvalue weighted by molar-refractivity contribution is 7.99. The lowest BCUT2D eigenvalue weighted by molar-refractivity contribution is 0.204. The Balaban J connectivity index is 1.94. The fraction of sp³-hybridized carbons (Fsp3) is 0.300. The van der Waals surface area contributed by atoms with Crippen molar-refractivity contribution in [2.24, 2.45) is 7.05 Å². The maximum absolute atomic E-state index is 9.91. The van der Waals surface area contributed by atoms with E-state index in [9.17, 15) is 5.11 Å². The van der Waals surface area contributed by atoms with Gasteiger partial charge in [-0.15, -0.1) is 5.10 Å². The molecule has 2 aromatic rings. The molecule has 1 aromatic carbocycles. The van der Waals surface area contributed by atoms with E-state index in [4.69, 9.17) is 0 Å². The van der Waals surface area contributed by atoms with Crippen LogP contribution in [-0.4, -0.2) is 31.1 Å². The Morgan fingerprint density at radius 1 is 1.38 bits per heavy atom. The summed E-state index contributed by atoms with van der Waals surface area (Å²) < 4.78 is 1.59. The lowest BCUT2D eigenvalue weighted by Gasteiger charge is -2.09. The molecule has 0 aliphatic carbocycles. The van der Waals surface area contributed by atoms with Gasteiger partial charge in [0.05, 0.1) is 6.10 Å². The number of aryl methyl sites for hydroxylation is 1. The SMILES string of the molecule is Cn1nnnc1SC[C@@H](O)c1ccccc1. The largest absolute Gasteiger partial charge is 0.388 e. The fourth-order valence-electron chi connectivity index (χ4n) is 1.27. The van der Waals surface area contributed by atoms with Gasteiger partial charge in [-0.25, -0.2) is 4.68 Å². The molecule has 1 heterocycles. The van der Waals surface area contributed by atoms with Crippen molar-refractivity contribution < 1.29 is 5.11 Å². The van der Waals surface area contributed by atoms with E-state index in [1.807, 2.05) is 30.3 Å². The number of benzene rings is 1. The Morgan fingerprint density at radius 3 is 2.75 bits per heavy atom. The quantitative estimate of drug-likeness (QED) is 0.803. The Bertz CT molecular complexity index is 445. The van der Waals surface area contributed by atoms with Gasteiger partial charge in [0.1, 0.15) is 0 Å². The van der Waals surface area contributed by atoms with Crippen LogP contribution in [0.25, 0.3) is 0 Å². The van der Waals surface area contributed by atoms with Crippen LogP contribution in [0.5, 0.6) is 0 Å². The smallest absolute Gasteiger partial charge is 0.209 e. The molecule has 0 amide bonds. The molecule has 0 bridgehead atoms. The van der Waals surface area contributed by atoms with Crippen LogP contribution in [0, 0.1) is 0 Å². The van der Waals surface area contributed by atoms with E-state index in [0.717, 1.165) is 5.56 Å². The highest BCUT2D eigenvalue weighted by Gasteiger charge is 2.10. The maximum Gasteiger partial charge on any atom is 0.209 e. The molecule has 5 nitrogen and oxygen atoms in total. The number of hydrogen-bond donors (Lipinski definition) is 1. The van der Waals surface area contributed by atoms with Crippen LogP contribution in [-0.2, 0) is 7.05 Å². The summed E-state index contributed by atoms with van der Waals surface area (Å²) in [5, 5.41) is 21.7. The first-order valence-electron chi connectivity index (χ1n) is 4.85. The molecule has 1 atom stereocenters. The summed E-state index contributed by atoms with van der Waals surface area (Å²) in [7, 11) is 1.78. The number of rotatable bonds is 4. The summed E-state index contributed by atoms with van der Waals surface area (Å²) in [5.74, 6) is 0.540. The van der Waals surface area contributed by atoms with Crippen LogP contribution in [0.1, 0.15) is 11.7 Å². The van der Waals surface area contributed by atoms with Gasteiger partial charge < -0.3 is 5.11 Å². The molecule has 1 aromatic heterocycles. The molecule has 0 saturated carbocycles. The highest BCUT2D eigenvalue weighted by Crippen LogP contribution is 2.21. The van der Waals surface area contributed by atoms with E-state index in [1.165, 1.54) is 11.8 Å². The molecule has 0 unspecified atom stereocenters. The molecule has 0 aliphatic rings. The summed E-state index contributed by atoms with van der Waals surface area (Å²) in [4.78, 5) is 0. The molecule has 1 N–H and O–H groups in total. The third kappa shape index (κ3) is 2.59. The van der Waals surface area contributed by atoms with Gasteiger partial charge in [-0.2, -0.15) is 0 Å². The Labute approximate surface area is 97.5 Å². The van der Waals surface area contributed by atoms with Crippen LogP contribution in [0.15, 0.2) is 35.5 Å². The molecule has 16 heavy (non-hydrogen) atoms. The van der Waals surface area contributed by atoms with E-state index in [0.29, 0.717) is 10.9 Å². The molecule has 0 fully saturated rings. The van der Waals surface area contributed by atoms with E-state index >= 15 is 0 Å². The highest BCUT2D eigenvalue weighted by atomic mass is 32.2. The summed E-state index contributed by atoms with van der Waals surface area (Å²) in [6, 6.07) is 9.55. The van der Waals surface area contributed by atoms with Crippen LogP contribution in [0.4, 0.5) is 0 Å². The van der Waals surface area contributed by atoms with Crippen LogP contribution in [0.3, 0.4) is 0 Å². The second-order valence-electron chi connectivity index (χ2n) is 3.32. The van der Waals surface area contributed by atoms with Crippen LogP contribution < -0.4 is 0 Å². The summed E-state index contributed by atoms with van der Waals surface area (Å²) >= 11 is 1.43. The van der Waals surface area contributed by atoms with Gasteiger partial charge in [0.2, 0.25) is 5.16 Å². The first-order valence-corrected chi connectivity index (χ1v) is 5.84. The average Bonchev–Trinajstić information content (AvgIpc) is 2.73. The van der Waals surface area contributed by atoms with Gasteiger partial charge in [0.25, 0.3) is 0 Å². The summed E-state index contributed by atoms with van der Waals surface area (Å²) in [6.07, 6.45) is -0.497. The predicted molar refractivity (Wildman–Crippen MR) is 60.9 cm³/mol. The normalized spacial score (nSPS) is 12.6. The Kier molecular flexibility index (Phi) is 3.53. The topological polar surface area (TPSA) is 63.8 Å². The van der Waals surface area contributed by atoms with E-state index in [-0.39, 0.29) is 0 Å². The minimum atomic E-state index is -0.497. The minimum absolute atomic E-state index is 0.497. The van der Waals surface area contributed by atoms with Gasteiger partial charge in [-0.05, 0) is 16.0 Å².